The number of hydrogen-bond acceptors (Lipinski definition) is 4. The van der Waals surface area contributed by atoms with Gasteiger partial charge in [-0.25, -0.2) is 4.98 Å². The van der Waals surface area contributed by atoms with E-state index in [2.05, 4.69) is 9.97 Å². The van der Waals surface area contributed by atoms with Gasteiger partial charge in [-0.05, 0) is 37.8 Å². The minimum absolute atomic E-state index is 0.125. The first-order valence-corrected chi connectivity index (χ1v) is 9.04. The number of piperidine rings is 1. The van der Waals surface area contributed by atoms with Gasteiger partial charge in [0.05, 0.1) is 12.8 Å². The van der Waals surface area contributed by atoms with Gasteiger partial charge in [-0.3, -0.25) is 9.59 Å². The molecule has 26 heavy (non-hydrogen) atoms. The van der Waals surface area contributed by atoms with Crippen molar-refractivity contribution in [3.63, 3.8) is 0 Å². The number of H-pyrrole nitrogens is 1. The molecule has 1 amide bonds. The van der Waals surface area contributed by atoms with Crippen LogP contribution in [0.3, 0.4) is 0 Å². The van der Waals surface area contributed by atoms with Crippen LogP contribution in [0.15, 0.2) is 35.1 Å². The lowest BCUT2D eigenvalue weighted by Gasteiger charge is -2.32. The fourth-order valence-corrected chi connectivity index (χ4v) is 3.57. The molecule has 6 heteroatoms. The molecule has 1 fully saturated rings. The number of nitrogens with one attached hydrogen (secondary N) is 1. The molecule has 2 aromatic rings. The maximum absolute atomic E-state index is 12.7. The van der Waals surface area contributed by atoms with Crippen molar-refractivity contribution >= 4 is 5.91 Å². The van der Waals surface area contributed by atoms with Gasteiger partial charge in [0.25, 0.3) is 5.56 Å². The Morgan fingerprint density at radius 3 is 2.96 bits per heavy atom. The molecule has 1 atom stereocenters. The molecule has 1 N–H and O–H groups in total. The lowest BCUT2D eigenvalue weighted by atomic mass is 9.94. The van der Waals surface area contributed by atoms with Crippen LogP contribution in [-0.2, 0) is 11.2 Å². The summed E-state index contributed by atoms with van der Waals surface area (Å²) in [7, 11) is 1.65. The summed E-state index contributed by atoms with van der Waals surface area (Å²) in [5.74, 6) is 1.70. The summed E-state index contributed by atoms with van der Waals surface area (Å²) < 4.78 is 5.35. The smallest absolute Gasteiger partial charge is 0.251 e. The van der Waals surface area contributed by atoms with E-state index in [0.29, 0.717) is 25.2 Å². The maximum atomic E-state index is 12.7. The second-order valence-corrected chi connectivity index (χ2v) is 6.75. The highest BCUT2D eigenvalue weighted by molar-refractivity contribution is 5.76. The van der Waals surface area contributed by atoms with Gasteiger partial charge in [0, 0.05) is 31.5 Å². The number of aromatic nitrogens is 2. The van der Waals surface area contributed by atoms with Crippen LogP contribution in [0, 0.1) is 6.92 Å². The fraction of sp³-hybridized carbons (Fsp3) is 0.450. The van der Waals surface area contributed by atoms with Crippen LogP contribution in [0.4, 0.5) is 0 Å². The molecule has 0 spiro atoms. The number of likely N-dealkylation sites (tertiary alicyclic amines) is 1. The van der Waals surface area contributed by atoms with E-state index in [0.717, 1.165) is 36.4 Å². The van der Waals surface area contributed by atoms with Crippen LogP contribution in [0.2, 0.25) is 0 Å². The predicted octanol–water partition coefficient (Wildman–Crippen LogP) is 2.43. The Balaban J connectivity index is 1.63. The number of amides is 1. The normalized spacial score (nSPS) is 17.2. The molecular formula is C20H25N3O3. The number of carbonyl (C=O) groups is 1. The number of nitrogens with zero attached hydrogens (tertiary/aromatic N) is 2. The maximum Gasteiger partial charge on any atom is 0.251 e. The van der Waals surface area contributed by atoms with E-state index < -0.39 is 0 Å². The predicted molar refractivity (Wildman–Crippen MR) is 99.5 cm³/mol. The number of hydrogen-bond donors (Lipinski definition) is 1. The van der Waals surface area contributed by atoms with E-state index in [1.54, 1.807) is 20.1 Å². The second kappa shape index (κ2) is 8.17. The molecule has 0 bridgehead atoms. The van der Waals surface area contributed by atoms with Crippen molar-refractivity contribution in [2.24, 2.45) is 0 Å². The van der Waals surface area contributed by atoms with Gasteiger partial charge in [0.15, 0.2) is 0 Å². The summed E-state index contributed by atoms with van der Waals surface area (Å²) in [6.45, 7) is 3.17. The summed E-state index contributed by atoms with van der Waals surface area (Å²) in [6, 6.07) is 9.35. The van der Waals surface area contributed by atoms with Crippen molar-refractivity contribution in [3.05, 3.63) is 57.8 Å². The van der Waals surface area contributed by atoms with Gasteiger partial charge in [-0.15, -0.1) is 0 Å². The van der Waals surface area contributed by atoms with E-state index in [1.807, 2.05) is 29.2 Å². The van der Waals surface area contributed by atoms with Gasteiger partial charge in [0.1, 0.15) is 11.6 Å². The summed E-state index contributed by atoms with van der Waals surface area (Å²) in [5, 5.41) is 0. The monoisotopic (exact) mass is 355 g/mol. The van der Waals surface area contributed by atoms with Crippen molar-refractivity contribution in [3.8, 4) is 5.75 Å². The van der Waals surface area contributed by atoms with Crippen molar-refractivity contribution in [2.45, 2.75) is 38.5 Å². The highest BCUT2D eigenvalue weighted by Crippen LogP contribution is 2.26. The average Bonchev–Trinajstić information content (AvgIpc) is 2.65. The Morgan fingerprint density at radius 2 is 2.19 bits per heavy atom. The second-order valence-electron chi connectivity index (χ2n) is 6.75. The molecule has 1 aromatic heterocycles. The molecule has 1 aliphatic rings. The largest absolute Gasteiger partial charge is 0.496 e. The summed E-state index contributed by atoms with van der Waals surface area (Å²) in [6.07, 6.45) is 2.99. The molecule has 1 aliphatic heterocycles. The Hall–Kier alpha value is -2.63. The van der Waals surface area contributed by atoms with E-state index >= 15 is 0 Å². The minimum Gasteiger partial charge on any atom is -0.496 e. The highest BCUT2D eigenvalue weighted by atomic mass is 16.5. The van der Waals surface area contributed by atoms with E-state index in [-0.39, 0.29) is 17.4 Å². The summed E-state index contributed by atoms with van der Waals surface area (Å²) in [4.78, 5) is 33.4. The SMILES string of the molecule is COc1ccccc1CCC(=O)N1CCC[C@H](c2cc(=O)[nH]c(C)n2)C1. The van der Waals surface area contributed by atoms with Gasteiger partial charge in [0.2, 0.25) is 5.91 Å². The van der Waals surface area contributed by atoms with E-state index in [1.165, 1.54) is 0 Å². The van der Waals surface area contributed by atoms with Gasteiger partial charge >= 0.3 is 0 Å². The Kier molecular flexibility index (Phi) is 5.71. The summed E-state index contributed by atoms with van der Waals surface area (Å²) >= 11 is 0. The number of methoxy groups -OCH3 is 1. The lowest BCUT2D eigenvalue weighted by molar-refractivity contribution is -0.132. The first-order valence-electron chi connectivity index (χ1n) is 9.04. The number of rotatable bonds is 5. The average molecular weight is 355 g/mol. The number of ether oxygens (including phenoxy) is 1. The third-order valence-corrected chi connectivity index (χ3v) is 4.87. The first-order chi connectivity index (χ1) is 12.6. The minimum atomic E-state index is -0.132. The first kappa shape index (κ1) is 18.2. The third-order valence-electron chi connectivity index (χ3n) is 4.87. The fourth-order valence-electron chi connectivity index (χ4n) is 3.57. The molecular weight excluding hydrogens is 330 g/mol. The number of aryl methyl sites for hydroxylation is 2. The Labute approximate surface area is 153 Å². The van der Waals surface area contributed by atoms with Crippen molar-refractivity contribution in [1.82, 2.24) is 14.9 Å². The quantitative estimate of drug-likeness (QED) is 0.894. The molecule has 1 aromatic carbocycles. The van der Waals surface area contributed by atoms with Crippen molar-refractivity contribution in [1.29, 1.82) is 0 Å². The standard InChI is InChI=1S/C20H25N3O3/c1-14-21-17(12-19(24)22-14)16-7-5-11-23(13-16)20(25)10-9-15-6-3-4-8-18(15)26-2/h3-4,6,8,12,16H,5,7,9-11,13H2,1-2H3,(H,21,22,24)/t16-/m0/s1. The molecule has 0 aliphatic carbocycles. The van der Waals surface area contributed by atoms with E-state index in [9.17, 15) is 9.59 Å². The Morgan fingerprint density at radius 1 is 1.38 bits per heavy atom. The molecule has 6 nitrogen and oxygen atoms in total. The van der Waals surface area contributed by atoms with Gasteiger partial charge in [-0.2, -0.15) is 0 Å². The topological polar surface area (TPSA) is 75.3 Å². The Bertz CT molecular complexity index is 831. The number of benzene rings is 1. The number of carbonyl (C=O) groups excluding carboxylic acids is 1. The van der Waals surface area contributed by atoms with Gasteiger partial charge < -0.3 is 14.6 Å². The highest BCUT2D eigenvalue weighted by Gasteiger charge is 2.26. The third kappa shape index (κ3) is 4.31. The lowest BCUT2D eigenvalue weighted by Crippen LogP contribution is -2.39. The molecule has 0 radical (unpaired) electrons. The zero-order valence-electron chi connectivity index (χ0n) is 15.3. The molecule has 0 unspecified atom stereocenters. The zero-order chi connectivity index (χ0) is 18.5. The molecule has 3 rings (SSSR count). The van der Waals surface area contributed by atoms with Crippen LogP contribution >= 0.6 is 0 Å². The van der Waals surface area contributed by atoms with Crippen LogP contribution in [0.25, 0.3) is 0 Å². The molecule has 0 saturated carbocycles. The zero-order valence-corrected chi connectivity index (χ0v) is 15.3. The molecule has 2 heterocycles. The molecule has 1 saturated heterocycles. The number of aromatic amines is 1. The van der Waals surface area contributed by atoms with Crippen molar-refractivity contribution in [2.75, 3.05) is 20.2 Å². The van der Waals surface area contributed by atoms with Crippen molar-refractivity contribution < 1.29 is 9.53 Å². The number of para-hydroxylation sites is 1. The summed E-state index contributed by atoms with van der Waals surface area (Å²) in [5.41, 5.74) is 1.70. The van der Waals surface area contributed by atoms with Crippen LogP contribution < -0.4 is 10.3 Å². The van der Waals surface area contributed by atoms with Crippen LogP contribution in [0.1, 0.15) is 42.3 Å². The molecule has 138 valence electrons. The van der Waals surface area contributed by atoms with Crippen LogP contribution in [0.5, 0.6) is 5.75 Å². The van der Waals surface area contributed by atoms with Gasteiger partial charge in [-0.1, -0.05) is 18.2 Å². The van der Waals surface area contributed by atoms with Crippen LogP contribution in [-0.4, -0.2) is 41.0 Å². The van der Waals surface area contributed by atoms with E-state index in [4.69, 9.17) is 4.74 Å².